The van der Waals surface area contributed by atoms with E-state index < -0.39 is 0 Å². The Morgan fingerprint density at radius 1 is 1.32 bits per heavy atom. The summed E-state index contributed by atoms with van der Waals surface area (Å²) in [5, 5.41) is 6.64. The minimum Gasteiger partial charge on any atom is -0.465 e. The normalized spacial score (nSPS) is 11.7. The zero-order valence-corrected chi connectivity index (χ0v) is 12.1. The fourth-order valence-electron chi connectivity index (χ4n) is 1.79. The Kier molecular flexibility index (Phi) is 12.3. The maximum Gasteiger partial charge on any atom is 0.323 e. The van der Waals surface area contributed by atoms with Gasteiger partial charge in [0.1, 0.15) is 6.04 Å². The van der Waals surface area contributed by atoms with Gasteiger partial charge in [-0.25, -0.2) is 0 Å². The molecule has 0 bridgehead atoms. The Balaban J connectivity index is 3.95. The van der Waals surface area contributed by atoms with E-state index >= 15 is 0 Å². The predicted octanol–water partition coefficient (Wildman–Crippen LogP) is 3.18. The van der Waals surface area contributed by atoms with Gasteiger partial charge in [0.25, 0.3) is 0 Å². The van der Waals surface area contributed by atoms with Crippen LogP contribution in [0.2, 0.25) is 0 Å². The summed E-state index contributed by atoms with van der Waals surface area (Å²) < 4.78 is 5.06. The van der Waals surface area contributed by atoms with Crippen molar-refractivity contribution in [1.82, 2.24) is 5.32 Å². The molecule has 6 heteroatoms. The molecular weight excluding hydrogens is 244 g/mol. The minimum absolute atomic E-state index is 0.178. The first kappa shape index (κ1) is 17.7. The average Bonchev–Trinajstić information content (AvgIpc) is 2.41. The van der Waals surface area contributed by atoms with E-state index in [4.69, 9.17) is 10.3 Å². The summed E-state index contributed by atoms with van der Waals surface area (Å²) >= 11 is 0. The highest BCUT2D eigenvalue weighted by Gasteiger charge is 2.17. The van der Waals surface area contributed by atoms with Crippen molar-refractivity contribution < 1.29 is 9.53 Å². The number of unbranched alkanes of at least 4 members (excludes halogenated alkanes) is 3. The van der Waals surface area contributed by atoms with Gasteiger partial charge in [-0.1, -0.05) is 37.7 Å². The average molecular weight is 270 g/mol. The summed E-state index contributed by atoms with van der Waals surface area (Å²) in [5.41, 5.74) is 8.16. The molecule has 0 spiro atoms. The number of hydrogen-bond donors (Lipinski definition) is 1. The summed E-state index contributed by atoms with van der Waals surface area (Å²) in [5.74, 6) is -0.178. The van der Waals surface area contributed by atoms with Gasteiger partial charge < -0.3 is 10.1 Å². The number of carbonyl (C=O) groups excluding carboxylic acids is 1. The largest absolute Gasteiger partial charge is 0.465 e. The first-order chi connectivity index (χ1) is 9.26. The third-order valence-electron chi connectivity index (χ3n) is 2.81. The van der Waals surface area contributed by atoms with Gasteiger partial charge in [0.2, 0.25) is 0 Å². The van der Waals surface area contributed by atoms with Crippen molar-refractivity contribution in [3.63, 3.8) is 0 Å². The van der Waals surface area contributed by atoms with Crippen molar-refractivity contribution in [3.05, 3.63) is 10.4 Å². The lowest BCUT2D eigenvalue weighted by Gasteiger charge is -2.16. The van der Waals surface area contributed by atoms with Crippen LogP contribution in [0.5, 0.6) is 0 Å². The molecule has 1 atom stereocenters. The van der Waals surface area contributed by atoms with E-state index in [0.29, 0.717) is 19.7 Å². The number of azide groups is 1. The van der Waals surface area contributed by atoms with Gasteiger partial charge in [-0.2, -0.15) is 0 Å². The fraction of sp³-hybridized carbons (Fsp3) is 0.923. The minimum atomic E-state index is -0.233. The van der Waals surface area contributed by atoms with Crippen LogP contribution in [0.25, 0.3) is 10.4 Å². The van der Waals surface area contributed by atoms with E-state index in [0.717, 1.165) is 25.7 Å². The summed E-state index contributed by atoms with van der Waals surface area (Å²) in [6, 6.07) is -0.233. The predicted molar refractivity (Wildman–Crippen MR) is 75.8 cm³/mol. The van der Waals surface area contributed by atoms with Gasteiger partial charge in [-0.05, 0) is 31.8 Å². The van der Waals surface area contributed by atoms with Crippen molar-refractivity contribution in [2.24, 2.45) is 5.11 Å². The number of esters is 1. The van der Waals surface area contributed by atoms with Crippen LogP contribution in [-0.4, -0.2) is 31.7 Å². The van der Waals surface area contributed by atoms with E-state index in [-0.39, 0.29) is 12.0 Å². The Morgan fingerprint density at radius 2 is 2.11 bits per heavy atom. The molecule has 0 saturated carbocycles. The van der Waals surface area contributed by atoms with Gasteiger partial charge >= 0.3 is 5.97 Å². The van der Waals surface area contributed by atoms with Crippen LogP contribution >= 0.6 is 0 Å². The van der Waals surface area contributed by atoms with Crippen LogP contribution in [-0.2, 0) is 9.53 Å². The lowest BCUT2D eigenvalue weighted by Crippen LogP contribution is -2.38. The van der Waals surface area contributed by atoms with Crippen LogP contribution in [0, 0.1) is 0 Å². The fourth-order valence-corrected chi connectivity index (χ4v) is 1.79. The molecule has 0 aliphatic heterocycles. The van der Waals surface area contributed by atoms with Crippen molar-refractivity contribution in [2.45, 2.75) is 58.4 Å². The molecule has 0 saturated heterocycles. The first-order valence-electron chi connectivity index (χ1n) is 7.17. The first-order valence-corrected chi connectivity index (χ1v) is 7.17. The lowest BCUT2D eigenvalue weighted by molar-refractivity contribution is -0.145. The number of carbonyl (C=O) groups is 1. The van der Waals surface area contributed by atoms with E-state index in [1.165, 1.54) is 12.8 Å². The van der Waals surface area contributed by atoms with Crippen LogP contribution < -0.4 is 5.32 Å². The van der Waals surface area contributed by atoms with Gasteiger partial charge in [0.15, 0.2) is 0 Å². The summed E-state index contributed by atoms with van der Waals surface area (Å²) in [7, 11) is 0. The molecule has 110 valence electrons. The number of nitrogens with one attached hydrogen (secondary N) is 1. The molecule has 1 N–H and O–H groups in total. The highest BCUT2D eigenvalue weighted by atomic mass is 16.5. The third-order valence-corrected chi connectivity index (χ3v) is 2.81. The number of nitrogens with zero attached hydrogens (tertiary/aromatic N) is 3. The summed E-state index contributed by atoms with van der Waals surface area (Å²) in [6.07, 6.45) is 6.10. The second-order valence-corrected chi connectivity index (χ2v) is 4.42. The maximum atomic E-state index is 11.8. The molecule has 0 amide bonds. The molecule has 6 nitrogen and oxygen atoms in total. The number of hydrogen-bond acceptors (Lipinski definition) is 4. The molecule has 0 heterocycles. The zero-order chi connectivity index (χ0) is 14.3. The van der Waals surface area contributed by atoms with E-state index in [2.05, 4.69) is 22.3 Å². The van der Waals surface area contributed by atoms with Crippen LogP contribution in [0.1, 0.15) is 52.4 Å². The zero-order valence-electron chi connectivity index (χ0n) is 12.1. The molecule has 0 aromatic rings. The molecule has 0 radical (unpaired) electrons. The highest BCUT2D eigenvalue weighted by Crippen LogP contribution is 2.07. The molecular formula is C13H26N4O2. The standard InChI is InChI=1S/C13H26N4O2/c1-3-5-6-7-9-12(13(18)19-4-2)15-10-8-11-16-17-14/h12,15H,3-11H2,1-2H3. The Labute approximate surface area is 115 Å². The van der Waals surface area contributed by atoms with Crippen LogP contribution in [0.3, 0.4) is 0 Å². The smallest absolute Gasteiger partial charge is 0.323 e. The van der Waals surface area contributed by atoms with Gasteiger partial charge in [0, 0.05) is 11.5 Å². The second-order valence-electron chi connectivity index (χ2n) is 4.42. The maximum absolute atomic E-state index is 11.8. The highest BCUT2D eigenvalue weighted by molar-refractivity contribution is 5.75. The molecule has 0 rings (SSSR count). The molecule has 0 fully saturated rings. The Bertz CT molecular complexity index is 278. The Morgan fingerprint density at radius 3 is 2.74 bits per heavy atom. The molecule has 0 aromatic carbocycles. The molecule has 19 heavy (non-hydrogen) atoms. The van der Waals surface area contributed by atoms with Crippen molar-refractivity contribution in [2.75, 3.05) is 19.7 Å². The van der Waals surface area contributed by atoms with E-state index in [1.54, 1.807) is 0 Å². The van der Waals surface area contributed by atoms with Gasteiger partial charge in [0.05, 0.1) is 6.61 Å². The number of ether oxygens (including phenoxy) is 1. The second kappa shape index (κ2) is 13.2. The third kappa shape index (κ3) is 10.4. The van der Waals surface area contributed by atoms with E-state index in [9.17, 15) is 4.79 Å². The van der Waals surface area contributed by atoms with Crippen LogP contribution in [0.15, 0.2) is 5.11 Å². The molecule has 0 aromatic heterocycles. The molecule has 1 unspecified atom stereocenters. The van der Waals surface area contributed by atoms with E-state index in [1.807, 2.05) is 6.92 Å². The molecule has 0 aliphatic carbocycles. The SMILES string of the molecule is CCCCCCC(NCCCN=[N+]=[N-])C(=O)OCC. The number of rotatable bonds is 12. The van der Waals surface area contributed by atoms with Crippen LogP contribution in [0.4, 0.5) is 0 Å². The Hall–Kier alpha value is -1.26. The summed E-state index contributed by atoms with van der Waals surface area (Å²) in [6.45, 7) is 5.50. The van der Waals surface area contributed by atoms with Crippen molar-refractivity contribution in [1.29, 1.82) is 0 Å². The topological polar surface area (TPSA) is 87.1 Å². The summed E-state index contributed by atoms with van der Waals surface area (Å²) in [4.78, 5) is 14.5. The van der Waals surface area contributed by atoms with Crippen molar-refractivity contribution in [3.8, 4) is 0 Å². The van der Waals surface area contributed by atoms with Gasteiger partial charge in [-0.3, -0.25) is 4.79 Å². The quantitative estimate of drug-likeness (QED) is 0.194. The molecule has 0 aliphatic rings. The van der Waals surface area contributed by atoms with Crippen molar-refractivity contribution >= 4 is 5.97 Å². The monoisotopic (exact) mass is 270 g/mol. The lowest BCUT2D eigenvalue weighted by atomic mass is 10.1. The van der Waals surface area contributed by atoms with Gasteiger partial charge in [-0.15, -0.1) is 0 Å².